The third kappa shape index (κ3) is 2.51. The Morgan fingerprint density at radius 1 is 1.31 bits per heavy atom. The number of aliphatic hydroxyl groups excluding tert-OH is 1. The van der Waals surface area contributed by atoms with Gasteiger partial charge in [-0.15, -0.1) is 0 Å². The Labute approximate surface area is 156 Å². The molecule has 0 aliphatic heterocycles. The van der Waals surface area contributed by atoms with E-state index in [-0.39, 0.29) is 17.8 Å². The van der Waals surface area contributed by atoms with Crippen molar-refractivity contribution in [1.29, 1.82) is 0 Å². The van der Waals surface area contributed by atoms with Gasteiger partial charge in [-0.1, -0.05) is 25.7 Å². The Morgan fingerprint density at radius 3 is 2.88 bits per heavy atom. The van der Waals surface area contributed by atoms with E-state index in [0.717, 1.165) is 37.7 Å². The first-order valence-corrected chi connectivity index (χ1v) is 10.3. The number of hydrogen-bond acceptors (Lipinski definition) is 3. The molecule has 26 heavy (non-hydrogen) atoms. The van der Waals surface area contributed by atoms with Gasteiger partial charge in [-0.2, -0.15) is 0 Å². The van der Waals surface area contributed by atoms with Gasteiger partial charge in [-0.25, -0.2) is 0 Å². The summed E-state index contributed by atoms with van der Waals surface area (Å²) < 4.78 is 0. The van der Waals surface area contributed by atoms with Gasteiger partial charge in [0.05, 0.1) is 5.60 Å². The second-order valence-corrected chi connectivity index (χ2v) is 9.25. The highest BCUT2D eigenvalue weighted by Gasteiger charge is 2.62. The number of rotatable bonds is 4. The SMILES string of the molecule is C=C(CCCO)[C@]1(O)CC[C@H]2[C@@H]3C=CC4=CC(=O)CC[C@@H]4[C@H]3CC[C@@]21C. The molecule has 2 saturated carbocycles. The summed E-state index contributed by atoms with van der Waals surface area (Å²) in [6.07, 6.45) is 13.5. The lowest BCUT2D eigenvalue weighted by Gasteiger charge is -2.54. The van der Waals surface area contributed by atoms with Crippen LogP contribution in [-0.4, -0.2) is 28.2 Å². The molecule has 0 aromatic carbocycles. The van der Waals surface area contributed by atoms with Gasteiger partial charge in [0.25, 0.3) is 0 Å². The van der Waals surface area contributed by atoms with Gasteiger partial charge in [-0.3, -0.25) is 4.79 Å². The number of hydrogen-bond donors (Lipinski definition) is 2. The van der Waals surface area contributed by atoms with Gasteiger partial charge < -0.3 is 10.2 Å². The molecule has 142 valence electrons. The monoisotopic (exact) mass is 356 g/mol. The fraction of sp³-hybridized carbons (Fsp3) is 0.696. The fourth-order valence-electron chi connectivity index (χ4n) is 6.75. The average molecular weight is 357 g/mol. The van der Waals surface area contributed by atoms with E-state index in [1.54, 1.807) is 0 Å². The van der Waals surface area contributed by atoms with E-state index < -0.39 is 5.60 Å². The van der Waals surface area contributed by atoms with Gasteiger partial charge in [0.1, 0.15) is 0 Å². The van der Waals surface area contributed by atoms with E-state index >= 15 is 0 Å². The molecule has 4 rings (SSSR count). The number of aliphatic hydroxyl groups is 2. The molecule has 2 N–H and O–H groups in total. The second-order valence-electron chi connectivity index (χ2n) is 9.25. The van der Waals surface area contributed by atoms with Crippen LogP contribution in [0, 0.1) is 29.1 Å². The molecule has 0 unspecified atom stereocenters. The summed E-state index contributed by atoms with van der Waals surface area (Å²) in [6.45, 7) is 6.66. The average Bonchev–Trinajstić information content (AvgIpc) is 2.91. The summed E-state index contributed by atoms with van der Waals surface area (Å²) in [5.41, 5.74) is 1.23. The molecule has 0 aromatic heterocycles. The van der Waals surface area contributed by atoms with Crippen LogP contribution in [0.2, 0.25) is 0 Å². The molecule has 0 bridgehead atoms. The summed E-state index contributed by atoms with van der Waals surface area (Å²) in [5, 5.41) is 20.8. The van der Waals surface area contributed by atoms with Crippen molar-refractivity contribution in [3.8, 4) is 0 Å². The molecule has 4 aliphatic carbocycles. The Morgan fingerprint density at radius 2 is 2.12 bits per heavy atom. The normalized spacial score (nSPS) is 44.1. The van der Waals surface area contributed by atoms with E-state index in [2.05, 4.69) is 25.7 Å². The molecule has 2 fully saturated rings. The summed E-state index contributed by atoms with van der Waals surface area (Å²) in [4.78, 5) is 11.8. The molecule has 6 atom stereocenters. The lowest BCUT2D eigenvalue weighted by molar-refractivity contribution is -0.116. The van der Waals surface area contributed by atoms with E-state index in [4.69, 9.17) is 5.11 Å². The first-order valence-electron chi connectivity index (χ1n) is 10.3. The van der Waals surface area contributed by atoms with Crippen LogP contribution < -0.4 is 0 Å². The highest BCUT2D eigenvalue weighted by molar-refractivity contribution is 5.91. The molecule has 0 aromatic rings. The summed E-state index contributed by atoms with van der Waals surface area (Å²) >= 11 is 0. The van der Waals surface area contributed by atoms with Crippen molar-refractivity contribution in [2.24, 2.45) is 29.1 Å². The van der Waals surface area contributed by atoms with Crippen LogP contribution in [0.1, 0.15) is 58.3 Å². The maximum Gasteiger partial charge on any atom is 0.155 e. The fourth-order valence-corrected chi connectivity index (χ4v) is 6.75. The number of carbonyl (C=O) groups is 1. The Kier molecular flexibility index (Phi) is 4.51. The van der Waals surface area contributed by atoms with Gasteiger partial charge >= 0.3 is 0 Å². The standard InChI is InChI=1S/C23H32O3/c1-15(4-3-13-24)23(26)12-10-21-20-7-5-16-14-17(25)6-8-18(16)19(20)9-11-22(21,23)2/h5,7,14,18-21,24,26H,1,3-4,6,8-13H2,2H3/t18-,19+,20+,21-,22-,23+/m0/s1. The number of carbonyl (C=O) groups excluding carboxylic acids is 1. The van der Waals surface area contributed by atoms with Gasteiger partial charge in [0.15, 0.2) is 5.78 Å². The highest BCUT2D eigenvalue weighted by Crippen LogP contribution is 2.65. The van der Waals surface area contributed by atoms with Crippen molar-refractivity contribution in [3.63, 3.8) is 0 Å². The van der Waals surface area contributed by atoms with Crippen LogP contribution in [0.5, 0.6) is 0 Å². The highest BCUT2D eigenvalue weighted by atomic mass is 16.3. The zero-order chi connectivity index (χ0) is 18.5. The van der Waals surface area contributed by atoms with Crippen molar-refractivity contribution >= 4 is 5.78 Å². The zero-order valence-corrected chi connectivity index (χ0v) is 15.9. The van der Waals surface area contributed by atoms with Crippen molar-refractivity contribution in [2.75, 3.05) is 6.61 Å². The summed E-state index contributed by atoms with van der Waals surface area (Å²) in [7, 11) is 0. The first kappa shape index (κ1) is 18.2. The molecule has 0 amide bonds. The number of ketones is 1. The summed E-state index contributed by atoms with van der Waals surface area (Å²) in [5.74, 6) is 2.40. The number of allylic oxidation sites excluding steroid dienone is 4. The predicted octanol–water partition coefficient (Wildman–Crippen LogP) is 3.96. The van der Waals surface area contributed by atoms with E-state index in [9.17, 15) is 9.90 Å². The third-order valence-corrected chi connectivity index (χ3v) is 8.24. The first-order chi connectivity index (χ1) is 12.4. The second kappa shape index (κ2) is 6.45. The minimum atomic E-state index is -0.801. The Balaban J connectivity index is 1.62. The molecular formula is C23H32O3. The van der Waals surface area contributed by atoms with Crippen molar-refractivity contribution in [3.05, 3.63) is 36.0 Å². The van der Waals surface area contributed by atoms with E-state index in [1.165, 1.54) is 5.57 Å². The predicted molar refractivity (Wildman–Crippen MR) is 102 cm³/mol. The third-order valence-electron chi connectivity index (χ3n) is 8.24. The van der Waals surface area contributed by atoms with Gasteiger partial charge in [-0.05, 0) is 85.8 Å². The van der Waals surface area contributed by atoms with E-state index in [0.29, 0.717) is 42.9 Å². The van der Waals surface area contributed by atoms with Crippen LogP contribution in [-0.2, 0) is 4.79 Å². The summed E-state index contributed by atoms with van der Waals surface area (Å²) in [6, 6.07) is 0. The molecule has 0 heterocycles. The minimum Gasteiger partial charge on any atom is -0.396 e. The maximum atomic E-state index is 11.8. The van der Waals surface area contributed by atoms with Gasteiger partial charge in [0.2, 0.25) is 0 Å². The van der Waals surface area contributed by atoms with Crippen molar-refractivity contribution in [2.45, 2.75) is 63.9 Å². The van der Waals surface area contributed by atoms with Crippen LogP contribution in [0.3, 0.4) is 0 Å². The topological polar surface area (TPSA) is 57.5 Å². The van der Waals surface area contributed by atoms with Crippen LogP contribution in [0.25, 0.3) is 0 Å². The molecule has 0 spiro atoms. The van der Waals surface area contributed by atoms with Crippen molar-refractivity contribution < 1.29 is 15.0 Å². The molecule has 4 aliphatic rings. The molecule has 3 nitrogen and oxygen atoms in total. The smallest absolute Gasteiger partial charge is 0.155 e. The van der Waals surface area contributed by atoms with Gasteiger partial charge in [0, 0.05) is 18.4 Å². The lowest BCUT2D eigenvalue weighted by atomic mass is 9.51. The van der Waals surface area contributed by atoms with Crippen LogP contribution in [0.4, 0.5) is 0 Å². The van der Waals surface area contributed by atoms with E-state index in [1.807, 2.05) is 6.08 Å². The lowest BCUT2D eigenvalue weighted by Crippen LogP contribution is -2.52. The molecular weight excluding hydrogens is 324 g/mol. The van der Waals surface area contributed by atoms with Crippen molar-refractivity contribution in [1.82, 2.24) is 0 Å². The van der Waals surface area contributed by atoms with Crippen LogP contribution >= 0.6 is 0 Å². The molecule has 3 heteroatoms. The largest absolute Gasteiger partial charge is 0.396 e. The Bertz CT molecular complexity index is 675. The maximum absolute atomic E-state index is 11.8. The van der Waals surface area contributed by atoms with Crippen LogP contribution in [0.15, 0.2) is 36.0 Å². The quantitative estimate of drug-likeness (QED) is 0.750. The number of fused-ring (bicyclic) bond motifs is 5. The minimum absolute atomic E-state index is 0.128. The zero-order valence-electron chi connectivity index (χ0n) is 15.9. The molecule has 0 radical (unpaired) electrons. The Hall–Kier alpha value is -1.19. The molecule has 0 saturated heterocycles.